The number of hydrogen-bond acceptors (Lipinski definition) is 3. The lowest BCUT2D eigenvalue weighted by atomic mass is 9.92. The number of benzene rings is 1. The van der Waals surface area contributed by atoms with E-state index in [9.17, 15) is 4.79 Å². The van der Waals surface area contributed by atoms with Crippen molar-refractivity contribution < 1.29 is 14.3 Å². The van der Waals surface area contributed by atoms with Crippen molar-refractivity contribution >= 4 is 11.6 Å². The topological polar surface area (TPSA) is 38.8 Å². The molecular formula is C17H19NO3. The van der Waals surface area contributed by atoms with Gasteiger partial charge in [-0.3, -0.25) is 4.79 Å². The lowest BCUT2D eigenvalue weighted by Crippen LogP contribution is -2.44. The summed E-state index contributed by atoms with van der Waals surface area (Å²) >= 11 is 0. The summed E-state index contributed by atoms with van der Waals surface area (Å²) in [7, 11) is 1.80. The minimum Gasteiger partial charge on any atom is -0.346 e. The third-order valence-corrected chi connectivity index (χ3v) is 4.78. The molecular weight excluding hydrogens is 266 g/mol. The van der Waals surface area contributed by atoms with Crippen LogP contribution in [0.3, 0.4) is 0 Å². The highest BCUT2D eigenvalue weighted by Gasteiger charge is 2.58. The Bertz CT molecular complexity index is 645. The van der Waals surface area contributed by atoms with Gasteiger partial charge in [-0.05, 0) is 43.5 Å². The standard InChI is InChI=1S/C17H19NO3/c1-12-6-5-7-13-14(12)17(15(19)18(13)2)10-9-16(21-17)8-3-4-11-20-16/h5-7,9-10H,3-4,8,11H2,1-2H3. The number of nitrogens with zero attached hydrogens (tertiary/aromatic N) is 1. The summed E-state index contributed by atoms with van der Waals surface area (Å²) in [5.41, 5.74) is 1.95. The van der Waals surface area contributed by atoms with Crippen LogP contribution in [0, 0.1) is 6.92 Å². The molecule has 0 aliphatic carbocycles. The van der Waals surface area contributed by atoms with E-state index in [-0.39, 0.29) is 5.91 Å². The lowest BCUT2D eigenvalue weighted by Gasteiger charge is -2.35. The number of hydrogen-bond donors (Lipinski definition) is 0. The van der Waals surface area contributed by atoms with Crippen LogP contribution in [0.1, 0.15) is 30.4 Å². The van der Waals surface area contributed by atoms with Crippen LogP contribution in [0.25, 0.3) is 0 Å². The van der Waals surface area contributed by atoms with Crippen LogP contribution in [-0.4, -0.2) is 25.3 Å². The van der Waals surface area contributed by atoms with Gasteiger partial charge < -0.3 is 14.4 Å². The Kier molecular flexibility index (Phi) is 2.60. The molecule has 1 aromatic rings. The molecule has 2 atom stereocenters. The van der Waals surface area contributed by atoms with Crippen molar-refractivity contribution in [3.8, 4) is 0 Å². The summed E-state index contributed by atoms with van der Waals surface area (Å²) in [6.07, 6.45) is 6.76. The first-order valence-corrected chi connectivity index (χ1v) is 7.51. The molecule has 1 amide bonds. The van der Waals surface area contributed by atoms with E-state index >= 15 is 0 Å². The maximum Gasteiger partial charge on any atom is 0.267 e. The van der Waals surface area contributed by atoms with Gasteiger partial charge in [-0.1, -0.05) is 12.1 Å². The first-order chi connectivity index (χ1) is 10.1. The second-order valence-electron chi connectivity index (χ2n) is 6.12. The molecule has 0 saturated carbocycles. The molecule has 1 saturated heterocycles. The SMILES string of the molecule is Cc1cccc2c1C1(C=CC3(CCCCO3)O1)C(=O)N2C. The van der Waals surface area contributed by atoms with Crippen molar-refractivity contribution in [2.24, 2.45) is 0 Å². The molecule has 4 rings (SSSR count). The molecule has 2 unspecified atom stereocenters. The molecule has 3 aliphatic rings. The molecule has 0 aromatic heterocycles. The Hall–Kier alpha value is -1.65. The summed E-state index contributed by atoms with van der Waals surface area (Å²) in [4.78, 5) is 14.5. The summed E-state index contributed by atoms with van der Waals surface area (Å²) < 4.78 is 12.2. The van der Waals surface area contributed by atoms with Crippen LogP contribution < -0.4 is 4.90 Å². The van der Waals surface area contributed by atoms with Crippen LogP contribution in [0.15, 0.2) is 30.4 Å². The third kappa shape index (κ3) is 1.60. The summed E-state index contributed by atoms with van der Waals surface area (Å²) in [6, 6.07) is 5.97. The quantitative estimate of drug-likeness (QED) is 0.688. The van der Waals surface area contributed by atoms with Gasteiger partial charge in [0.15, 0.2) is 11.4 Å². The molecule has 4 nitrogen and oxygen atoms in total. The fraction of sp³-hybridized carbons (Fsp3) is 0.471. The summed E-state index contributed by atoms with van der Waals surface area (Å²) in [5, 5.41) is 0. The van der Waals surface area contributed by atoms with E-state index in [1.54, 1.807) is 11.9 Å². The van der Waals surface area contributed by atoms with E-state index in [4.69, 9.17) is 9.47 Å². The molecule has 4 heteroatoms. The van der Waals surface area contributed by atoms with Crippen molar-refractivity contribution in [3.63, 3.8) is 0 Å². The number of rotatable bonds is 0. The fourth-order valence-electron chi connectivity index (χ4n) is 3.72. The maximum absolute atomic E-state index is 12.9. The number of likely N-dealkylation sites (N-methyl/N-ethyl adjacent to an activating group) is 1. The van der Waals surface area contributed by atoms with Gasteiger partial charge in [0.25, 0.3) is 5.91 Å². The van der Waals surface area contributed by atoms with Crippen molar-refractivity contribution in [2.75, 3.05) is 18.6 Å². The van der Waals surface area contributed by atoms with Gasteiger partial charge in [0.05, 0.1) is 12.3 Å². The zero-order valence-electron chi connectivity index (χ0n) is 12.4. The molecule has 0 radical (unpaired) electrons. The first kappa shape index (κ1) is 13.0. The number of ether oxygens (including phenoxy) is 2. The molecule has 0 N–H and O–H groups in total. The predicted molar refractivity (Wildman–Crippen MR) is 79.0 cm³/mol. The number of amides is 1. The second kappa shape index (κ2) is 4.18. The number of anilines is 1. The smallest absolute Gasteiger partial charge is 0.267 e. The van der Waals surface area contributed by atoms with Crippen molar-refractivity contribution in [2.45, 2.75) is 37.6 Å². The highest BCUT2D eigenvalue weighted by Crippen LogP contribution is 2.51. The Balaban J connectivity index is 1.84. The predicted octanol–water partition coefficient (Wildman–Crippen LogP) is 2.65. The third-order valence-electron chi connectivity index (χ3n) is 4.78. The molecule has 3 aliphatic heterocycles. The number of aryl methyl sites for hydroxylation is 1. The molecule has 2 spiro atoms. The normalized spacial score (nSPS) is 34.2. The average Bonchev–Trinajstić information content (AvgIpc) is 2.95. The monoisotopic (exact) mass is 285 g/mol. The van der Waals surface area contributed by atoms with Crippen LogP contribution in [0.5, 0.6) is 0 Å². The van der Waals surface area contributed by atoms with Crippen LogP contribution in [0.2, 0.25) is 0 Å². The fourth-order valence-corrected chi connectivity index (χ4v) is 3.72. The molecule has 110 valence electrons. The van der Waals surface area contributed by atoms with Crippen LogP contribution >= 0.6 is 0 Å². The summed E-state index contributed by atoms with van der Waals surface area (Å²) in [5.74, 6) is -0.757. The minimum atomic E-state index is -1.01. The molecule has 0 bridgehead atoms. The Labute approximate surface area is 124 Å². The van der Waals surface area contributed by atoms with Gasteiger partial charge in [0.1, 0.15) is 0 Å². The van der Waals surface area contributed by atoms with Gasteiger partial charge in [-0.25, -0.2) is 0 Å². The highest BCUT2D eigenvalue weighted by molar-refractivity contribution is 6.08. The zero-order valence-corrected chi connectivity index (χ0v) is 12.4. The number of fused-ring (bicyclic) bond motifs is 2. The molecule has 1 aromatic carbocycles. The van der Waals surface area contributed by atoms with Crippen LogP contribution in [-0.2, 0) is 19.9 Å². The molecule has 1 fully saturated rings. The Morgan fingerprint density at radius 3 is 2.86 bits per heavy atom. The van der Waals surface area contributed by atoms with E-state index in [1.807, 2.05) is 37.3 Å². The van der Waals surface area contributed by atoms with Crippen LogP contribution in [0.4, 0.5) is 5.69 Å². The van der Waals surface area contributed by atoms with Crippen molar-refractivity contribution in [1.29, 1.82) is 0 Å². The van der Waals surface area contributed by atoms with E-state index in [0.717, 1.165) is 36.1 Å². The second-order valence-corrected chi connectivity index (χ2v) is 6.12. The van der Waals surface area contributed by atoms with E-state index in [2.05, 4.69) is 0 Å². The van der Waals surface area contributed by atoms with Gasteiger partial charge in [0, 0.05) is 19.0 Å². The zero-order chi connectivity index (χ0) is 14.7. The van der Waals surface area contributed by atoms with E-state index in [0.29, 0.717) is 6.61 Å². The number of carbonyl (C=O) groups is 1. The minimum absolute atomic E-state index is 0.0332. The molecule has 3 heterocycles. The first-order valence-electron chi connectivity index (χ1n) is 7.51. The van der Waals surface area contributed by atoms with Crippen molar-refractivity contribution in [1.82, 2.24) is 0 Å². The van der Waals surface area contributed by atoms with E-state index < -0.39 is 11.4 Å². The van der Waals surface area contributed by atoms with Gasteiger partial charge >= 0.3 is 0 Å². The summed E-state index contributed by atoms with van der Waals surface area (Å²) in [6.45, 7) is 2.71. The largest absolute Gasteiger partial charge is 0.346 e. The van der Waals surface area contributed by atoms with Crippen molar-refractivity contribution in [3.05, 3.63) is 41.5 Å². The average molecular weight is 285 g/mol. The van der Waals surface area contributed by atoms with E-state index in [1.165, 1.54) is 0 Å². The van der Waals surface area contributed by atoms with Gasteiger partial charge in [-0.15, -0.1) is 0 Å². The Morgan fingerprint density at radius 1 is 1.24 bits per heavy atom. The Morgan fingerprint density at radius 2 is 2.10 bits per heavy atom. The number of carbonyl (C=O) groups excluding carboxylic acids is 1. The highest BCUT2D eigenvalue weighted by atomic mass is 16.7. The van der Waals surface area contributed by atoms with Gasteiger partial charge in [-0.2, -0.15) is 0 Å². The molecule has 21 heavy (non-hydrogen) atoms. The lowest BCUT2D eigenvalue weighted by molar-refractivity contribution is -0.249. The maximum atomic E-state index is 12.9. The van der Waals surface area contributed by atoms with Gasteiger partial charge in [0.2, 0.25) is 0 Å².